The first-order valence-electron chi connectivity index (χ1n) is 5.96. The van der Waals surface area contributed by atoms with Crippen LogP contribution in [0.15, 0.2) is 0 Å². The molecule has 2 heteroatoms. The van der Waals surface area contributed by atoms with Crippen molar-refractivity contribution in [3.8, 4) is 0 Å². The predicted octanol–water partition coefficient (Wildman–Crippen LogP) is 2.62. The van der Waals surface area contributed by atoms with Gasteiger partial charge >= 0.3 is 0 Å². The van der Waals surface area contributed by atoms with Gasteiger partial charge in [0.2, 0.25) is 0 Å². The number of carbonyl (C=O) groups is 1. The van der Waals surface area contributed by atoms with Crippen LogP contribution in [-0.2, 0) is 4.79 Å². The van der Waals surface area contributed by atoms with Crippen LogP contribution in [0.4, 0.5) is 0 Å². The van der Waals surface area contributed by atoms with Crippen molar-refractivity contribution in [3.05, 3.63) is 0 Å². The summed E-state index contributed by atoms with van der Waals surface area (Å²) in [6.45, 7) is 7.76. The van der Waals surface area contributed by atoms with E-state index in [0.717, 1.165) is 25.8 Å². The molecule has 0 aromatic rings. The summed E-state index contributed by atoms with van der Waals surface area (Å²) < 4.78 is 0. The summed E-state index contributed by atoms with van der Waals surface area (Å²) in [5.41, 5.74) is 0. The predicted molar refractivity (Wildman–Crippen MR) is 59.4 cm³/mol. The number of ketones is 1. The first-order valence-corrected chi connectivity index (χ1v) is 5.96. The molecule has 14 heavy (non-hydrogen) atoms. The molecule has 0 aromatic heterocycles. The highest BCUT2D eigenvalue weighted by Gasteiger charge is 2.26. The molecule has 1 aliphatic rings. The van der Waals surface area contributed by atoms with Crippen molar-refractivity contribution in [2.75, 3.05) is 6.54 Å². The smallest absolute Gasteiger partial charge is 0.134 e. The average molecular weight is 197 g/mol. The lowest BCUT2D eigenvalue weighted by atomic mass is 9.92. The SMILES string of the molecule is CCC(C)N(CC)C1CCCC(=O)C1. The summed E-state index contributed by atoms with van der Waals surface area (Å²) >= 11 is 0. The van der Waals surface area contributed by atoms with Crippen molar-refractivity contribution >= 4 is 5.78 Å². The second-order valence-corrected chi connectivity index (χ2v) is 4.38. The van der Waals surface area contributed by atoms with Gasteiger partial charge in [-0.3, -0.25) is 9.69 Å². The lowest BCUT2D eigenvalue weighted by Crippen LogP contribution is -2.44. The van der Waals surface area contributed by atoms with Gasteiger partial charge in [-0.1, -0.05) is 13.8 Å². The van der Waals surface area contributed by atoms with Crippen LogP contribution < -0.4 is 0 Å². The molecular weight excluding hydrogens is 174 g/mol. The summed E-state index contributed by atoms with van der Waals surface area (Å²) in [5, 5.41) is 0. The van der Waals surface area contributed by atoms with Gasteiger partial charge in [-0.05, 0) is 32.7 Å². The van der Waals surface area contributed by atoms with Gasteiger partial charge in [-0.15, -0.1) is 0 Å². The highest BCUT2D eigenvalue weighted by atomic mass is 16.1. The van der Waals surface area contributed by atoms with Gasteiger partial charge in [0.15, 0.2) is 0 Å². The fourth-order valence-corrected chi connectivity index (χ4v) is 2.45. The molecule has 2 atom stereocenters. The minimum atomic E-state index is 0.461. The molecule has 1 rings (SSSR count). The molecule has 0 radical (unpaired) electrons. The Morgan fingerprint density at radius 1 is 1.50 bits per heavy atom. The van der Waals surface area contributed by atoms with E-state index in [1.807, 2.05) is 0 Å². The molecule has 1 saturated carbocycles. The molecule has 0 heterocycles. The molecule has 2 unspecified atom stereocenters. The normalized spacial score (nSPS) is 25.4. The summed E-state index contributed by atoms with van der Waals surface area (Å²) in [4.78, 5) is 13.9. The van der Waals surface area contributed by atoms with Crippen molar-refractivity contribution in [1.29, 1.82) is 0 Å². The average Bonchev–Trinajstić information content (AvgIpc) is 2.19. The molecule has 82 valence electrons. The summed E-state index contributed by atoms with van der Waals surface area (Å²) in [5.74, 6) is 0.461. The fraction of sp³-hybridized carbons (Fsp3) is 0.917. The minimum Gasteiger partial charge on any atom is -0.300 e. The van der Waals surface area contributed by atoms with Crippen molar-refractivity contribution in [2.24, 2.45) is 0 Å². The third-order valence-electron chi connectivity index (χ3n) is 3.45. The van der Waals surface area contributed by atoms with E-state index in [2.05, 4.69) is 25.7 Å². The van der Waals surface area contributed by atoms with Crippen molar-refractivity contribution in [1.82, 2.24) is 4.90 Å². The standard InChI is InChI=1S/C12H23NO/c1-4-10(3)13(5-2)11-7-6-8-12(14)9-11/h10-11H,4-9H2,1-3H3. The number of rotatable bonds is 4. The van der Waals surface area contributed by atoms with Crippen LogP contribution in [0.3, 0.4) is 0 Å². The van der Waals surface area contributed by atoms with Gasteiger partial charge in [0.05, 0.1) is 0 Å². The Balaban J connectivity index is 2.54. The molecule has 0 aromatic carbocycles. The Hall–Kier alpha value is -0.370. The van der Waals surface area contributed by atoms with E-state index in [1.165, 1.54) is 12.8 Å². The summed E-state index contributed by atoms with van der Waals surface area (Å²) in [6, 6.07) is 1.15. The molecule has 0 amide bonds. The maximum Gasteiger partial charge on any atom is 0.134 e. The number of Topliss-reactive ketones (excluding diaryl/α,β-unsaturated/α-hetero) is 1. The second kappa shape index (κ2) is 5.50. The third-order valence-corrected chi connectivity index (χ3v) is 3.45. The third kappa shape index (κ3) is 2.81. The lowest BCUT2D eigenvalue weighted by molar-refractivity contribution is -0.122. The number of hydrogen-bond acceptors (Lipinski definition) is 2. The molecule has 0 saturated heterocycles. The molecular formula is C12H23NO. The van der Waals surface area contributed by atoms with Gasteiger partial charge in [-0.2, -0.15) is 0 Å². The Morgan fingerprint density at radius 2 is 2.21 bits per heavy atom. The van der Waals surface area contributed by atoms with E-state index >= 15 is 0 Å². The Morgan fingerprint density at radius 3 is 2.71 bits per heavy atom. The van der Waals surface area contributed by atoms with E-state index in [1.54, 1.807) is 0 Å². The molecule has 0 N–H and O–H groups in total. The largest absolute Gasteiger partial charge is 0.300 e. The molecule has 1 aliphatic carbocycles. The first kappa shape index (κ1) is 11.7. The van der Waals surface area contributed by atoms with Gasteiger partial charge in [-0.25, -0.2) is 0 Å². The number of carbonyl (C=O) groups excluding carboxylic acids is 1. The van der Waals surface area contributed by atoms with Gasteiger partial charge in [0.1, 0.15) is 5.78 Å². The maximum atomic E-state index is 11.4. The molecule has 1 fully saturated rings. The van der Waals surface area contributed by atoms with Crippen LogP contribution in [0.5, 0.6) is 0 Å². The zero-order chi connectivity index (χ0) is 10.6. The van der Waals surface area contributed by atoms with Gasteiger partial charge < -0.3 is 0 Å². The molecule has 0 spiro atoms. The molecule has 0 aliphatic heterocycles. The van der Waals surface area contributed by atoms with Crippen molar-refractivity contribution in [3.63, 3.8) is 0 Å². The van der Waals surface area contributed by atoms with Crippen LogP contribution in [0.2, 0.25) is 0 Å². The first-order chi connectivity index (χ1) is 6.69. The van der Waals surface area contributed by atoms with Crippen molar-refractivity contribution < 1.29 is 4.79 Å². The molecule has 2 nitrogen and oxygen atoms in total. The van der Waals surface area contributed by atoms with Crippen LogP contribution in [0.25, 0.3) is 0 Å². The Labute approximate surface area is 87.7 Å². The molecule has 0 bridgehead atoms. The maximum absolute atomic E-state index is 11.4. The highest BCUT2D eigenvalue weighted by Crippen LogP contribution is 2.22. The Bertz CT molecular complexity index is 191. The van der Waals surface area contributed by atoms with Crippen LogP contribution in [0.1, 0.15) is 52.9 Å². The number of nitrogens with zero attached hydrogens (tertiary/aromatic N) is 1. The van der Waals surface area contributed by atoms with Crippen LogP contribution >= 0.6 is 0 Å². The second-order valence-electron chi connectivity index (χ2n) is 4.38. The van der Waals surface area contributed by atoms with E-state index in [0.29, 0.717) is 17.9 Å². The van der Waals surface area contributed by atoms with Crippen molar-refractivity contribution in [2.45, 2.75) is 65.0 Å². The zero-order valence-electron chi connectivity index (χ0n) is 9.75. The van der Waals surface area contributed by atoms with Gasteiger partial charge in [0, 0.05) is 24.9 Å². The summed E-state index contributed by atoms with van der Waals surface area (Å²) in [6.07, 6.45) is 5.09. The Kier molecular flexibility index (Phi) is 4.59. The van der Waals surface area contributed by atoms with Crippen LogP contribution in [-0.4, -0.2) is 29.3 Å². The van der Waals surface area contributed by atoms with Crippen LogP contribution in [0, 0.1) is 0 Å². The van der Waals surface area contributed by atoms with E-state index in [9.17, 15) is 4.79 Å². The van der Waals surface area contributed by atoms with E-state index in [4.69, 9.17) is 0 Å². The zero-order valence-corrected chi connectivity index (χ0v) is 9.75. The van der Waals surface area contributed by atoms with E-state index in [-0.39, 0.29) is 0 Å². The monoisotopic (exact) mass is 197 g/mol. The van der Waals surface area contributed by atoms with E-state index < -0.39 is 0 Å². The highest BCUT2D eigenvalue weighted by molar-refractivity contribution is 5.79. The fourth-order valence-electron chi connectivity index (χ4n) is 2.45. The minimum absolute atomic E-state index is 0.461. The number of hydrogen-bond donors (Lipinski definition) is 0. The quantitative estimate of drug-likeness (QED) is 0.690. The summed E-state index contributed by atoms with van der Waals surface area (Å²) in [7, 11) is 0. The lowest BCUT2D eigenvalue weighted by Gasteiger charge is -2.37. The van der Waals surface area contributed by atoms with Gasteiger partial charge in [0.25, 0.3) is 0 Å². The topological polar surface area (TPSA) is 20.3 Å².